The zero-order chi connectivity index (χ0) is 22.8. The second kappa shape index (κ2) is 8.44. The van der Waals surface area contributed by atoms with Crippen LogP contribution in [0.25, 0.3) is 0 Å². The maximum Gasteiger partial charge on any atom is 0.426 e. The van der Waals surface area contributed by atoms with E-state index >= 15 is 0 Å². The van der Waals surface area contributed by atoms with Crippen molar-refractivity contribution in [1.82, 2.24) is 4.98 Å². The van der Waals surface area contributed by atoms with E-state index in [0.29, 0.717) is 17.0 Å². The molecule has 0 saturated heterocycles. The summed E-state index contributed by atoms with van der Waals surface area (Å²) in [6.45, 7) is 1.18. The lowest BCUT2D eigenvalue weighted by molar-refractivity contribution is -0.247. The fourth-order valence-electron chi connectivity index (χ4n) is 2.81. The maximum absolute atomic E-state index is 14.0. The molecule has 1 heterocycles. The van der Waals surface area contributed by atoms with Crippen LogP contribution < -0.4 is 10.6 Å². The Balaban J connectivity index is 2.04. The first-order chi connectivity index (χ1) is 14.5. The molecule has 0 aliphatic carbocycles. The van der Waals surface area contributed by atoms with E-state index < -0.39 is 33.9 Å². The summed E-state index contributed by atoms with van der Waals surface area (Å²) in [5.41, 5.74) is -3.12. The molecular formula is C20H16F4N4O2S. The molecule has 0 bridgehead atoms. The molecule has 4 N–H and O–H groups in total. The molecule has 6 nitrogen and oxygen atoms in total. The molecule has 0 spiro atoms. The number of carbonyl (C=O) groups excluding carboxylic acids is 1. The van der Waals surface area contributed by atoms with E-state index in [-0.39, 0.29) is 16.4 Å². The van der Waals surface area contributed by atoms with Gasteiger partial charge in [-0.1, -0.05) is 17.4 Å². The molecule has 162 valence electrons. The van der Waals surface area contributed by atoms with Crippen LogP contribution in [0, 0.1) is 11.2 Å². The summed E-state index contributed by atoms with van der Waals surface area (Å²) < 4.78 is 55.1. The SMILES string of the molecule is CC(=O)Nc1ncc(C(O)(c2ccc(Nc3ccc(F)cc3)c(C=N)c2)C(F)(F)F)s1. The van der Waals surface area contributed by atoms with Gasteiger partial charge in [0.15, 0.2) is 5.13 Å². The summed E-state index contributed by atoms with van der Waals surface area (Å²) in [7, 11) is 0. The van der Waals surface area contributed by atoms with Crippen LogP contribution in [0.2, 0.25) is 0 Å². The molecule has 3 rings (SSSR count). The summed E-state index contributed by atoms with van der Waals surface area (Å²) >= 11 is 0.490. The van der Waals surface area contributed by atoms with Gasteiger partial charge in [-0.25, -0.2) is 9.37 Å². The molecule has 0 aliphatic rings. The van der Waals surface area contributed by atoms with Gasteiger partial charge in [-0.2, -0.15) is 13.2 Å². The number of nitrogens with one attached hydrogen (secondary N) is 3. The first-order valence-corrected chi connectivity index (χ1v) is 9.57. The van der Waals surface area contributed by atoms with E-state index in [2.05, 4.69) is 15.6 Å². The van der Waals surface area contributed by atoms with Crippen LogP contribution in [0.1, 0.15) is 22.9 Å². The first kappa shape index (κ1) is 22.4. The Labute approximate surface area is 178 Å². The van der Waals surface area contributed by atoms with Crippen LogP contribution in [0.15, 0.2) is 48.7 Å². The molecule has 31 heavy (non-hydrogen) atoms. The van der Waals surface area contributed by atoms with Gasteiger partial charge in [-0.05, 0) is 42.0 Å². The van der Waals surface area contributed by atoms with Gasteiger partial charge in [0.25, 0.3) is 0 Å². The van der Waals surface area contributed by atoms with E-state index in [1.54, 1.807) is 0 Å². The van der Waals surface area contributed by atoms with Gasteiger partial charge in [0.05, 0.1) is 4.88 Å². The van der Waals surface area contributed by atoms with Gasteiger partial charge in [0, 0.05) is 36.3 Å². The molecule has 2 aromatic carbocycles. The average Bonchev–Trinajstić information content (AvgIpc) is 3.16. The van der Waals surface area contributed by atoms with Crippen LogP contribution in [0.4, 0.5) is 34.1 Å². The number of alkyl halides is 3. The largest absolute Gasteiger partial charge is 0.426 e. The van der Waals surface area contributed by atoms with Crippen molar-refractivity contribution in [2.45, 2.75) is 18.7 Å². The quantitative estimate of drug-likeness (QED) is 0.320. The standard InChI is InChI=1S/C20H16F4N4O2S/c1-11(29)27-18-26-10-17(31-18)19(30,20(22,23)24)13-2-7-16(12(8-13)9-25)28-15-5-3-14(21)4-6-15/h2-10,25,28,30H,1H3,(H,26,27,29). The van der Waals surface area contributed by atoms with Crippen molar-refractivity contribution >= 4 is 40.0 Å². The number of amides is 1. The second-order valence-electron chi connectivity index (χ2n) is 6.50. The van der Waals surface area contributed by atoms with Crippen LogP contribution in [-0.4, -0.2) is 28.4 Å². The van der Waals surface area contributed by atoms with Crippen LogP contribution in [0.5, 0.6) is 0 Å². The van der Waals surface area contributed by atoms with E-state index in [9.17, 15) is 27.5 Å². The summed E-state index contributed by atoms with van der Waals surface area (Å²) in [6.07, 6.45) is -3.43. The molecule has 1 aromatic heterocycles. The number of carbonyl (C=O) groups is 1. The Morgan fingerprint density at radius 2 is 1.87 bits per heavy atom. The van der Waals surface area contributed by atoms with Crippen molar-refractivity contribution in [3.63, 3.8) is 0 Å². The molecule has 1 amide bonds. The average molecular weight is 452 g/mol. The zero-order valence-corrected chi connectivity index (χ0v) is 16.7. The number of aromatic nitrogens is 1. The first-order valence-electron chi connectivity index (χ1n) is 8.75. The predicted octanol–water partition coefficient (Wildman–Crippen LogP) is 4.78. The van der Waals surface area contributed by atoms with Crippen LogP contribution in [0.3, 0.4) is 0 Å². The van der Waals surface area contributed by atoms with E-state index in [0.717, 1.165) is 24.5 Å². The number of rotatable bonds is 6. The topological polar surface area (TPSA) is 98.1 Å². The lowest BCUT2D eigenvalue weighted by Crippen LogP contribution is -2.42. The molecule has 11 heteroatoms. The molecule has 0 saturated carbocycles. The minimum atomic E-state index is -5.11. The number of hydrogen-bond donors (Lipinski definition) is 4. The molecule has 0 aliphatic heterocycles. The highest BCUT2D eigenvalue weighted by Crippen LogP contribution is 2.47. The smallest absolute Gasteiger partial charge is 0.372 e. The van der Waals surface area contributed by atoms with Crippen LogP contribution in [-0.2, 0) is 10.4 Å². The number of anilines is 3. The summed E-state index contributed by atoms with van der Waals surface area (Å²) in [5, 5.41) is 23.4. The van der Waals surface area contributed by atoms with Gasteiger partial charge in [0.1, 0.15) is 5.82 Å². The summed E-state index contributed by atoms with van der Waals surface area (Å²) in [4.78, 5) is 14.3. The van der Waals surface area contributed by atoms with Gasteiger partial charge >= 0.3 is 6.18 Å². The molecule has 1 unspecified atom stereocenters. The Bertz CT molecular complexity index is 1120. The Morgan fingerprint density at radius 1 is 1.19 bits per heavy atom. The Kier molecular flexibility index (Phi) is 6.09. The second-order valence-corrected chi connectivity index (χ2v) is 7.53. The Morgan fingerprint density at radius 3 is 2.45 bits per heavy atom. The monoisotopic (exact) mass is 452 g/mol. The van der Waals surface area contributed by atoms with E-state index in [4.69, 9.17) is 5.41 Å². The minimum Gasteiger partial charge on any atom is -0.372 e. The number of halogens is 4. The molecule has 3 aromatic rings. The molecular weight excluding hydrogens is 436 g/mol. The third kappa shape index (κ3) is 4.57. The molecule has 1 atom stereocenters. The van der Waals surface area contributed by atoms with Crippen LogP contribution >= 0.6 is 11.3 Å². The molecule has 0 radical (unpaired) electrons. The highest BCUT2D eigenvalue weighted by molar-refractivity contribution is 7.15. The third-order valence-electron chi connectivity index (χ3n) is 4.30. The lowest BCUT2D eigenvalue weighted by Gasteiger charge is -2.30. The fourth-order valence-corrected chi connectivity index (χ4v) is 3.80. The summed E-state index contributed by atoms with van der Waals surface area (Å²) in [5.74, 6) is -0.967. The number of hydrogen-bond acceptors (Lipinski definition) is 6. The fraction of sp³-hybridized carbons (Fsp3) is 0.150. The predicted molar refractivity (Wildman–Crippen MR) is 109 cm³/mol. The summed E-state index contributed by atoms with van der Waals surface area (Å²) in [6, 6.07) is 8.67. The maximum atomic E-state index is 14.0. The van der Waals surface area contributed by atoms with Crippen molar-refractivity contribution in [3.8, 4) is 0 Å². The number of aliphatic hydroxyl groups is 1. The highest BCUT2D eigenvalue weighted by Gasteiger charge is 2.57. The van der Waals surface area contributed by atoms with Crippen molar-refractivity contribution < 1.29 is 27.5 Å². The van der Waals surface area contributed by atoms with E-state index in [1.165, 1.54) is 37.3 Å². The normalized spacial score (nSPS) is 13.4. The van der Waals surface area contributed by atoms with Gasteiger partial charge in [-0.3, -0.25) is 4.79 Å². The van der Waals surface area contributed by atoms with Gasteiger partial charge < -0.3 is 21.1 Å². The van der Waals surface area contributed by atoms with Crippen molar-refractivity contribution in [2.75, 3.05) is 10.6 Å². The number of nitrogens with zero attached hydrogens (tertiary/aromatic N) is 1. The third-order valence-corrected chi connectivity index (χ3v) is 5.33. The Hall–Kier alpha value is -3.31. The van der Waals surface area contributed by atoms with Gasteiger partial charge in [-0.15, -0.1) is 0 Å². The highest BCUT2D eigenvalue weighted by atomic mass is 32.1. The van der Waals surface area contributed by atoms with Gasteiger partial charge in [0.2, 0.25) is 11.5 Å². The van der Waals surface area contributed by atoms with Crippen molar-refractivity contribution in [2.24, 2.45) is 0 Å². The minimum absolute atomic E-state index is 0.0658. The number of thiazole rings is 1. The van der Waals surface area contributed by atoms with Crippen molar-refractivity contribution in [3.05, 3.63) is 70.5 Å². The van der Waals surface area contributed by atoms with E-state index in [1.807, 2.05) is 0 Å². The zero-order valence-electron chi connectivity index (χ0n) is 15.9. The lowest BCUT2D eigenvalue weighted by atomic mass is 9.90. The van der Waals surface area contributed by atoms with Crippen molar-refractivity contribution in [1.29, 1.82) is 5.41 Å². The number of benzene rings is 2. The molecule has 0 fully saturated rings.